The maximum Gasteiger partial charge on any atom is 0.161 e. The maximum atomic E-state index is 5.92. The predicted molar refractivity (Wildman–Crippen MR) is 90.8 cm³/mol. The number of hydrogen-bond donors (Lipinski definition) is 1. The van der Waals surface area contributed by atoms with Crippen molar-refractivity contribution in [3.05, 3.63) is 16.8 Å². The number of nitrogens with zero attached hydrogens (tertiary/aromatic N) is 3. The Kier molecular flexibility index (Phi) is 4.54. The van der Waals surface area contributed by atoms with E-state index in [2.05, 4.69) is 28.9 Å². The van der Waals surface area contributed by atoms with Crippen molar-refractivity contribution in [3.8, 4) is 0 Å². The molecule has 1 saturated heterocycles. The zero-order chi connectivity index (χ0) is 14.9. The molecule has 0 aliphatic carbocycles. The minimum atomic E-state index is 0.311. The van der Waals surface area contributed by atoms with Crippen molar-refractivity contribution in [2.75, 3.05) is 23.7 Å². The van der Waals surface area contributed by atoms with Gasteiger partial charge in [0.2, 0.25) is 0 Å². The second-order valence-corrected chi connectivity index (χ2v) is 8.06. The summed E-state index contributed by atoms with van der Waals surface area (Å²) in [5.74, 6) is 1.93. The first-order valence-electron chi connectivity index (χ1n) is 6.84. The van der Waals surface area contributed by atoms with E-state index in [4.69, 9.17) is 18.0 Å². The van der Waals surface area contributed by atoms with Gasteiger partial charge in [0.05, 0.1) is 11.3 Å². The molecular weight excluding hydrogens is 288 g/mol. The van der Waals surface area contributed by atoms with Crippen LogP contribution in [0.15, 0.2) is 0 Å². The summed E-state index contributed by atoms with van der Waals surface area (Å²) in [6.07, 6.45) is 1.11. The van der Waals surface area contributed by atoms with E-state index in [9.17, 15) is 0 Å². The second-order valence-electron chi connectivity index (χ2n) is 5.82. The van der Waals surface area contributed by atoms with Crippen LogP contribution in [0.5, 0.6) is 0 Å². The fourth-order valence-electron chi connectivity index (χ4n) is 2.34. The first kappa shape index (κ1) is 15.5. The number of thioether (sulfide) groups is 1. The minimum Gasteiger partial charge on any atom is -0.389 e. The summed E-state index contributed by atoms with van der Waals surface area (Å²) in [6.45, 7) is 10.5. The van der Waals surface area contributed by atoms with E-state index in [1.807, 2.05) is 25.6 Å². The first-order valence-corrected chi connectivity index (χ1v) is 8.24. The lowest BCUT2D eigenvalue weighted by molar-refractivity contribution is 0.632. The normalized spacial score (nSPS) is 18.7. The Morgan fingerprint density at radius 2 is 2.00 bits per heavy atom. The van der Waals surface area contributed by atoms with Crippen LogP contribution < -0.4 is 10.6 Å². The Hall–Kier alpha value is -0.880. The first-order chi connectivity index (χ1) is 9.32. The van der Waals surface area contributed by atoms with Gasteiger partial charge in [-0.2, -0.15) is 16.9 Å². The molecule has 0 aromatic carbocycles. The van der Waals surface area contributed by atoms with Crippen LogP contribution in [0.4, 0.5) is 5.82 Å². The van der Waals surface area contributed by atoms with E-state index in [1.54, 1.807) is 0 Å². The molecule has 1 aliphatic heterocycles. The maximum absolute atomic E-state index is 5.92. The standard InChI is InChI=1S/C14H22N4S2/c1-9-10(2)16-17-13(11(9)12(15)19)18-6-5-14(3,4)20-8-7-18/h5-8H2,1-4H3,(H2,15,19). The average Bonchev–Trinajstić information content (AvgIpc) is 2.53. The molecule has 0 amide bonds. The van der Waals surface area contributed by atoms with Crippen molar-refractivity contribution in [3.63, 3.8) is 0 Å². The Morgan fingerprint density at radius 3 is 2.65 bits per heavy atom. The summed E-state index contributed by atoms with van der Waals surface area (Å²) in [5, 5.41) is 8.62. The van der Waals surface area contributed by atoms with E-state index in [0.29, 0.717) is 9.74 Å². The molecule has 0 atom stereocenters. The van der Waals surface area contributed by atoms with E-state index < -0.39 is 0 Å². The number of anilines is 1. The second kappa shape index (κ2) is 5.85. The van der Waals surface area contributed by atoms with Gasteiger partial charge in [0.15, 0.2) is 5.82 Å². The van der Waals surface area contributed by atoms with Gasteiger partial charge >= 0.3 is 0 Å². The summed E-state index contributed by atoms with van der Waals surface area (Å²) < 4.78 is 0.311. The van der Waals surface area contributed by atoms with E-state index in [-0.39, 0.29) is 0 Å². The molecule has 0 unspecified atom stereocenters. The van der Waals surface area contributed by atoms with Crippen LogP contribution in [0.3, 0.4) is 0 Å². The molecule has 2 N–H and O–H groups in total. The van der Waals surface area contributed by atoms with E-state index >= 15 is 0 Å². The van der Waals surface area contributed by atoms with Crippen molar-refractivity contribution in [2.45, 2.75) is 38.9 Å². The molecule has 6 heteroatoms. The molecule has 0 radical (unpaired) electrons. The van der Waals surface area contributed by atoms with Crippen molar-refractivity contribution >= 4 is 34.8 Å². The SMILES string of the molecule is Cc1nnc(N2CCSC(C)(C)CC2)c(C(N)=S)c1C. The van der Waals surface area contributed by atoms with Crippen LogP contribution >= 0.6 is 24.0 Å². The third-order valence-corrected chi connectivity index (χ3v) is 5.40. The van der Waals surface area contributed by atoms with Crippen molar-refractivity contribution in [2.24, 2.45) is 5.73 Å². The number of hydrogen-bond acceptors (Lipinski definition) is 5. The van der Waals surface area contributed by atoms with Gasteiger partial charge in [-0.3, -0.25) is 0 Å². The average molecular weight is 310 g/mol. The molecule has 2 heterocycles. The van der Waals surface area contributed by atoms with Crippen molar-refractivity contribution in [1.82, 2.24) is 10.2 Å². The summed E-state index contributed by atoms with van der Waals surface area (Å²) >= 11 is 7.23. The zero-order valence-electron chi connectivity index (χ0n) is 12.6. The van der Waals surface area contributed by atoms with Crippen LogP contribution in [0.1, 0.15) is 37.1 Å². The molecule has 0 bridgehead atoms. The minimum absolute atomic E-state index is 0.311. The molecule has 2 rings (SSSR count). The molecule has 1 fully saturated rings. The summed E-state index contributed by atoms with van der Waals surface area (Å²) in [7, 11) is 0. The number of aryl methyl sites for hydroxylation is 1. The summed E-state index contributed by atoms with van der Waals surface area (Å²) in [4.78, 5) is 2.68. The smallest absolute Gasteiger partial charge is 0.161 e. The van der Waals surface area contributed by atoms with Crippen LogP contribution in [0, 0.1) is 13.8 Å². The lowest BCUT2D eigenvalue weighted by Crippen LogP contribution is -2.31. The topological polar surface area (TPSA) is 55.0 Å². The van der Waals surface area contributed by atoms with Crippen LogP contribution in [0.2, 0.25) is 0 Å². The van der Waals surface area contributed by atoms with Gasteiger partial charge < -0.3 is 10.6 Å². The highest BCUT2D eigenvalue weighted by Gasteiger charge is 2.26. The van der Waals surface area contributed by atoms with Gasteiger partial charge in [-0.1, -0.05) is 26.1 Å². The zero-order valence-corrected chi connectivity index (χ0v) is 14.2. The lowest BCUT2D eigenvalue weighted by atomic mass is 10.1. The highest BCUT2D eigenvalue weighted by molar-refractivity contribution is 8.00. The van der Waals surface area contributed by atoms with E-state index in [1.165, 1.54) is 0 Å². The van der Waals surface area contributed by atoms with Gasteiger partial charge in [-0.25, -0.2) is 0 Å². The Labute approximate surface area is 130 Å². The molecular formula is C14H22N4S2. The van der Waals surface area contributed by atoms with Crippen LogP contribution in [-0.2, 0) is 0 Å². The van der Waals surface area contributed by atoms with Gasteiger partial charge in [0.25, 0.3) is 0 Å². The molecule has 1 aromatic rings. The quantitative estimate of drug-likeness (QED) is 0.847. The van der Waals surface area contributed by atoms with E-state index in [0.717, 1.165) is 47.9 Å². The third-order valence-electron chi connectivity index (χ3n) is 3.82. The van der Waals surface area contributed by atoms with Gasteiger partial charge in [-0.15, -0.1) is 5.10 Å². The molecule has 0 saturated carbocycles. The Morgan fingerprint density at radius 1 is 1.30 bits per heavy atom. The molecule has 4 nitrogen and oxygen atoms in total. The van der Waals surface area contributed by atoms with Crippen molar-refractivity contribution < 1.29 is 0 Å². The van der Waals surface area contributed by atoms with Crippen LogP contribution in [-0.4, -0.2) is 38.8 Å². The molecule has 110 valence electrons. The lowest BCUT2D eigenvalue weighted by Gasteiger charge is -2.25. The van der Waals surface area contributed by atoms with Crippen molar-refractivity contribution in [1.29, 1.82) is 0 Å². The fraction of sp³-hybridized carbons (Fsp3) is 0.643. The van der Waals surface area contributed by atoms with Gasteiger partial charge in [0, 0.05) is 23.6 Å². The predicted octanol–water partition coefficient (Wildman–Crippen LogP) is 2.45. The Balaban J connectivity index is 2.38. The monoisotopic (exact) mass is 310 g/mol. The fourth-order valence-corrected chi connectivity index (χ4v) is 3.69. The van der Waals surface area contributed by atoms with Gasteiger partial charge in [-0.05, 0) is 25.8 Å². The van der Waals surface area contributed by atoms with Crippen LogP contribution in [0.25, 0.3) is 0 Å². The molecule has 1 aromatic heterocycles. The molecule has 0 spiro atoms. The number of nitrogens with two attached hydrogens (primary N) is 1. The molecule has 1 aliphatic rings. The highest BCUT2D eigenvalue weighted by atomic mass is 32.2. The Bertz CT molecular complexity index is 528. The molecule has 20 heavy (non-hydrogen) atoms. The largest absolute Gasteiger partial charge is 0.389 e. The number of rotatable bonds is 2. The highest BCUT2D eigenvalue weighted by Crippen LogP contribution is 2.33. The number of aromatic nitrogens is 2. The summed E-state index contributed by atoms with van der Waals surface area (Å²) in [6, 6.07) is 0. The number of thiocarbonyl (C=S) groups is 1. The summed E-state index contributed by atoms with van der Waals surface area (Å²) in [5.41, 5.74) is 8.73. The third kappa shape index (κ3) is 3.23. The van der Waals surface area contributed by atoms with Gasteiger partial charge in [0.1, 0.15) is 4.99 Å².